The van der Waals surface area contributed by atoms with Crippen LogP contribution < -0.4 is 5.32 Å². The molecule has 0 aromatic carbocycles. The summed E-state index contributed by atoms with van der Waals surface area (Å²) in [5.74, 6) is 0. The molecule has 0 saturated heterocycles. The number of carbonyl (C=O) groups excluding carboxylic acids is 1. The zero-order valence-corrected chi connectivity index (χ0v) is 16.2. The van der Waals surface area contributed by atoms with E-state index < -0.39 is 0 Å². The molecule has 0 saturated carbocycles. The minimum atomic E-state index is -0.109. The molecular weight excluding hydrogens is 348 g/mol. The zero-order valence-electron chi connectivity index (χ0n) is 15.4. The maximum absolute atomic E-state index is 12.6. The second kappa shape index (κ2) is 8.33. The quantitative estimate of drug-likeness (QED) is 0.692. The van der Waals surface area contributed by atoms with Crippen LogP contribution in [-0.4, -0.2) is 40.6 Å². The third-order valence-corrected chi connectivity index (χ3v) is 5.13. The Kier molecular flexibility index (Phi) is 5.90. The average molecular weight is 372 g/mol. The Morgan fingerprint density at radius 3 is 2.88 bits per heavy atom. The molecule has 3 aromatic rings. The van der Waals surface area contributed by atoms with Crippen LogP contribution in [-0.2, 0) is 17.8 Å². The number of pyridine rings is 1. The lowest BCUT2D eigenvalue weighted by Gasteiger charge is -2.22. The van der Waals surface area contributed by atoms with Gasteiger partial charge in [0.15, 0.2) is 0 Å². The van der Waals surface area contributed by atoms with Crippen molar-refractivity contribution in [3.05, 3.63) is 57.7 Å². The van der Waals surface area contributed by atoms with Crippen LogP contribution in [0.3, 0.4) is 0 Å². The smallest absolute Gasteiger partial charge is 0.318 e. The molecule has 138 valence electrons. The maximum Gasteiger partial charge on any atom is 0.318 e. The molecule has 0 aliphatic carbocycles. The Morgan fingerprint density at radius 2 is 2.19 bits per heavy atom. The fourth-order valence-corrected chi connectivity index (χ4v) is 3.69. The number of carbonyl (C=O) groups is 1. The number of rotatable bonds is 7. The average Bonchev–Trinajstić information content (AvgIpc) is 3.23. The van der Waals surface area contributed by atoms with Crippen molar-refractivity contribution in [1.29, 1.82) is 0 Å². The number of amides is 2. The van der Waals surface area contributed by atoms with Gasteiger partial charge in [0.1, 0.15) is 5.65 Å². The van der Waals surface area contributed by atoms with Crippen LogP contribution in [0.1, 0.15) is 21.0 Å². The topological polar surface area (TPSA) is 58.9 Å². The summed E-state index contributed by atoms with van der Waals surface area (Å²) in [4.78, 5) is 21.4. The minimum Gasteiger partial charge on any atom is -0.383 e. The Morgan fingerprint density at radius 1 is 1.35 bits per heavy atom. The third kappa shape index (κ3) is 4.42. The molecule has 2 amide bonds. The van der Waals surface area contributed by atoms with Crippen molar-refractivity contribution < 1.29 is 9.53 Å². The number of methoxy groups -OCH3 is 1. The molecule has 7 heteroatoms. The number of nitrogens with one attached hydrogen (secondary N) is 1. The number of fused-ring (bicyclic) bond motifs is 1. The summed E-state index contributed by atoms with van der Waals surface area (Å²) in [5.41, 5.74) is 2.87. The van der Waals surface area contributed by atoms with Crippen molar-refractivity contribution in [3.63, 3.8) is 0 Å². The monoisotopic (exact) mass is 372 g/mol. The second-order valence-electron chi connectivity index (χ2n) is 6.24. The Hall–Kier alpha value is -2.38. The molecule has 0 spiro atoms. The molecule has 0 aliphatic rings. The molecule has 0 radical (unpaired) electrons. The van der Waals surface area contributed by atoms with Gasteiger partial charge in [0.05, 0.1) is 25.4 Å². The van der Waals surface area contributed by atoms with E-state index in [1.165, 1.54) is 4.88 Å². The van der Waals surface area contributed by atoms with E-state index in [0.29, 0.717) is 26.2 Å². The van der Waals surface area contributed by atoms with Gasteiger partial charge < -0.3 is 19.4 Å². The molecule has 1 N–H and O–H groups in total. The van der Waals surface area contributed by atoms with Crippen LogP contribution in [0.25, 0.3) is 5.65 Å². The van der Waals surface area contributed by atoms with Crippen molar-refractivity contribution >= 4 is 23.0 Å². The molecule has 3 rings (SSSR count). The third-order valence-electron chi connectivity index (χ3n) is 4.14. The lowest BCUT2D eigenvalue weighted by Crippen LogP contribution is -2.40. The Labute approximate surface area is 157 Å². The van der Waals surface area contributed by atoms with Gasteiger partial charge in [-0.05, 0) is 37.6 Å². The molecule has 3 aromatic heterocycles. The van der Waals surface area contributed by atoms with Crippen LogP contribution in [0.2, 0.25) is 0 Å². The Balaban J connectivity index is 1.65. The van der Waals surface area contributed by atoms with Gasteiger partial charge in [-0.1, -0.05) is 6.07 Å². The first kappa shape index (κ1) is 18.4. The van der Waals surface area contributed by atoms with Crippen LogP contribution in [0.4, 0.5) is 4.79 Å². The molecule has 0 bridgehead atoms. The van der Waals surface area contributed by atoms with Crippen molar-refractivity contribution in [2.24, 2.45) is 0 Å². The van der Waals surface area contributed by atoms with E-state index in [1.807, 2.05) is 35.9 Å². The predicted molar refractivity (Wildman–Crippen MR) is 104 cm³/mol. The summed E-state index contributed by atoms with van der Waals surface area (Å²) < 4.78 is 7.13. The van der Waals surface area contributed by atoms with Gasteiger partial charge in [0.25, 0.3) is 0 Å². The van der Waals surface area contributed by atoms with E-state index >= 15 is 0 Å². The molecule has 0 atom stereocenters. The van der Waals surface area contributed by atoms with Crippen LogP contribution in [0, 0.1) is 13.8 Å². The number of aromatic nitrogens is 2. The van der Waals surface area contributed by atoms with E-state index in [0.717, 1.165) is 21.8 Å². The van der Waals surface area contributed by atoms with Gasteiger partial charge in [0.2, 0.25) is 0 Å². The predicted octanol–water partition coefficient (Wildman–Crippen LogP) is 3.37. The maximum atomic E-state index is 12.6. The van der Waals surface area contributed by atoms with Crippen LogP contribution in [0.15, 0.2) is 36.7 Å². The van der Waals surface area contributed by atoms with Gasteiger partial charge in [-0.2, -0.15) is 0 Å². The molecule has 6 nitrogen and oxygen atoms in total. The first-order valence-corrected chi connectivity index (χ1v) is 9.38. The highest BCUT2D eigenvalue weighted by Gasteiger charge is 2.15. The summed E-state index contributed by atoms with van der Waals surface area (Å²) in [6, 6.07) is 8.05. The van der Waals surface area contributed by atoms with Crippen molar-refractivity contribution in [1.82, 2.24) is 19.6 Å². The second-order valence-corrected chi connectivity index (χ2v) is 7.61. The highest BCUT2D eigenvalue weighted by Crippen LogP contribution is 2.17. The SMILES string of the molecule is COCCN(Cc1ccc(C)s1)C(=O)NCc1cn2cccc(C)c2n1. The van der Waals surface area contributed by atoms with E-state index in [4.69, 9.17) is 4.74 Å². The van der Waals surface area contributed by atoms with Gasteiger partial charge >= 0.3 is 6.03 Å². The lowest BCUT2D eigenvalue weighted by molar-refractivity contribution is 0.146. The molecule has 0 fully saturated rings. The summed E-state index contributed by atoms with van der Waals surface area (Å²) in [6.07, 6.45) is 3.91. The number of ether oxygens (including phenoxy) is 1. The standard InChI is InChI=1S/C19H24N4O2S/c1-14-5-4-8-22-12-16(21-18(14)22)11-20-19(24)23(9-10-25-3)13-17-7-6-15(2)26-17/h4-8,12H,9-11,13H2,1-3H3,(H,20,24). The number of urea groups is 1. The van der Waals surface area contributed by atoms with Crippen molar-refractivity contribution in [3.8, 4) is 0 Å². The van der Waals surface area contributed by atoms with Gasteiger partial charge in [-0.3, -0.25) is 0 Å². The number of thiophene rings is 1. The van der Waals surface area contributed by atoms with E-state index in [2.05, 4.69) is 29.4 Å². The number of hydrogen-bond donors (Lipinski definition) is 1. The van der Waals surface area contributed by atoms with Gasteiger partial charge in [-0.25, -0.2) is 9.78 Å². The van der Waals surface area contributed by atoms with Gasteiger partial charge in [-0.15, -0.1) is 11.3 Å². The number of hydrogen-bond acceptors (Lipinski definition) is 4. The fourth-order valence-electron chi connectivity index (χ4n) is 2.78. The normalized spacial score (nSPS) is 11.0. The minimum absolute atomic E-state index is 0.109. The fraction of sp³-hybridized carbons (Fsp3) is 0.368. The molecule has 26 heavy (non-hydrogen) atoms. The van der Waals surface area contributed by atoms with E-state index in [-0.39, 0.29) is 6.03 Å². The largest absolute Gasteiger partial charge is 0.383 e. The number of nitrogens with zero attached hydrogens (tertiary/aromatic N) is 3. The number of imidazole rings is 1. The summed E-state index contributed by atoms with van der Waals surface area (Å²) in [7, 11) is 1.64. The Bertz CT molecular complexity index is 887. The van der Waals surface area contributed by atoms with E-state index in [1.54, 1.807) is 23.3 Å². The summed E-state index contributed by atoms with van der Waals surface area (Å²) in [6.45, 7) is 6.12. The highest BCUT2D eigenvalue weighted by atomic mass is 32.1. The van der Waals surface area contributed by atoms with Crippen molar-refractivity contribution in [2.75, 3.05) is 20.3 Å². The summed E-state index contributed by atoms with van der Waals surface area (Å²) in [5, 5.41) is 2.98. The first-order valence-electron chi connectivity index (χ1n) is 8.57. The molecule has 0 unspecified atom stereocenters. The highest BCUT2D eigenvalue weighted by molar-refractivity contribution is 7.11. The molecule has 3 heterocycles. The van der Waals surface area contributed by atoms with Crippen LogP contribution >= 0.6 is 11.3 Å². The molecule has 0 aliphatic heterocycles. The van der Waals surface area contributed by atoms with Crippen molar-refractivity contribution in [2.45, 2.75) is 26.9 Å². The lowest BCUT2D eigenvalue weighted by atomic mass is 10.3. The summed E-state index contributed by atoms with van der Waals surface area (Å²) >= 11 is 1.71. The van der Waals surface area contributed by atoms with E-state index in [9.17, 15) is 4.79 Å². The number of aryl methyl sites for hydroxylation is 2. The first-order chi connectivity index (χ1) is 12.6. The van der Waals surface area contributed by atoms with Gasteiger partial charge in [0, 0.05) is 35.8 Å². The zero-order chi connectivity index (χ0) is 18.5. The van der Waals surface area contributed by atoms with Crippen LogP contribution in [0.5, 0.6) is 0 Å². The molecular formula is C19H24N4O2S.